The van der Waals surface area contributed by atoms with E-state index in [2.05, 4.69) is 24.7 Å². The Morgan fingerprint density at radius 2 is 2.12 bits per heavy atom. The second-order valence-corrected chi connectivity index (χ2v) is 5.87. The Morgan fingerprint density at radius 1 is 1.35 bits per heavy atom. The number of hydrogen-bond acceptors (Lipinski definition) is 5. The third-order valence-electron chi connectivity index (χ3n) is 2.03. The summed E-state index contributed by atoms with van der Waals surface area (Å²) in [5.74, 6) is 0.326. The van der Waals surface area contributed by atoms with Crippen LogP contribution in [0, 0.1) is 5.92 Å². The first-order valence-corrected chi connectivity index (χ1v) is 6.78. The van der Waals surface area contributed by atoms with Crippen LogP contribution in [0.3, 0.4) is 0 Å². The van der Waals surface area contributed by atoms with Gasteiger partial charge in [0.2, 0.25) is 10.0 Å². The van der Waals surface area contributed by atoms with E-state index < -0.39 is 10.0 Å². The Bertz CT molecular complexity index is 619. The quantitative estimate of drug-likeness (QED) is 0.839. The molecule has 0 fully saturated rings. The molecule has 0 radical (unpaired) electrons. The largest absolute Gasteiger partial charge is 0.340 e. The Kier molecular flexibility index (Phi) is 2.97. The van der Waals surface area contributed by atoms with Crippen molar-refractivity contribution in [3.63, 3.8) is 0 Å². The fourth-order valence-electron chi connectivity index (χ4n) is 1.47. The van der Waals surface area contributed by atoms with Crippen molar-refractivity contribution in [3.8, 4) is 0 Å². The third-order valence-corrected chi connectivity index (χ3v) is 3.64. The molecule has 0 unspecified atom stereocenters. The zero-order valence-electron chi connectivity index (χ0n) is 9.51. The molecule has 2 N–H and O–H groups in total. The summed E-state index contributed by atoms with van der Waals surface area (Å²) in [6, 6.07) is 0. The van der Waals surface area contributed by atoms with Crippen LogP contribution in [0.15, 0.2) is 12.7 Å². The highest BCUT2D eigenvalue weighted by Gasteiger charge is 2.16. The van der Waals surface area contributed by atoms with Crippen LogP contribution in [0.2, 0.25) is 0 Å². The van der Waals surface area contributed by atoms with Crippen LogP contribution in [-0.2, 0) is 10.0 Å². The van der Waals surface area contributed by atoms with Crippen LogP contribution in [0.4, 0.5) is 5.82 Å². The minimum atomic E-state index is -3.39. The van der Waals surface area contributed by atoms with Crippen molar-refractivity contribution < 1.29 is 8.42 Å². The Labute approximate surface area is 98.8 Å². The monoisotopic (exact) mass is 255 g/mol. The van der Waals surface area contributed by atoms with Gasteiger partial charge in [0.25, 0.3) is 0 Å². The molecular formula is C9H13N5O2S. The highest BCUT2D eigenvalue weighted by Crippen LogP contribution is 2.16. The summed E-state index contributed by atoms with van der Waals surface area (Å²) in [7, 11) is -3.39. The predicted octanol–water partition coefficient (Wildman–Crippen LogP) is 0.751. The van der Waals surface area contributed by atoms with E-state index in [4.69, 9.17) is 0 Å². The standard InChI is InChI=1S/C9H13N5O2S/c1-6(2)3-17(15,16)14-9-7-8(11-4-10-7)12-5-13-9/h4-6H,3H2,1-2H3,(H2,10,11,12,13,14). The number of aromatic amines is 1. The average Bonchev–Trinajstić information content (AvgIpc) is 2.63. The lowest BCUT2D eigenvalue weighted by molar-refractivity contribution is 0.587. The molecule has 7 nitrogen and oxygen atoms in total. The number of anilines is 1. The lowest BCUT2D eigenvalue weighted by Gasteiger charge is -2.09. The topological polar surface area (TPSA) is 101 Å². The highest BCUT2D eigenvalue weighted by molar-refractivity contribution is 7.92. The minimum absolute atomic E-state index is 0.0478. The van der Waals surface area contributed by atoms with Gasteiger partial charge in [-0.2, -0.15) is 0 Å². The molecule has 0 saturated carbocycles. The molecule has 8 heteroatoms. The van der Waals surface area contributed by atoms with Crippen molar-refractivity contribution in [2.24, 2.45) is 5.92 Å². The first-order chi connectivity index (χ1) is 7.98. The van der Waals surface area contributed by atoms with E-state index in [9.17, 15) is 8.42 Å². The van der Waals surface area contributed by atoms with E-state index in [0.717, 1.165) is 0 Å². The van der Waals surface area contributed by atoms with Gasteiger partial charge in [0, 0.05) is 0 Å². The molecule has 0 aliphatic rings. The van der Waals surface area contributed by atoms with Crippen LogP contribution in [-0.4, -0.2) is 34.1 Å². The van der Waals surface area contributed by atoms with E-state index in [1.54, 1.807) is 0 Å². The Hall–Kier alpha value is -1.70. The van der Waals surface area contributed by atoms with Gasteiger partial charge in [-0.1, -0.05) is 13.8 Å². The van der Waals surface area contributed by atoms with Crippen LogP contribution < -0.4 is 4.72 Å². The van der Waals surface area contributed by atoms with Gasteiger partial charge in [-0.3, -0.25) is 4.72 Å². The Balaban J connectivity index is 2.33. The van der Waals surface area contributed by atoms with E-state index in [1.165, 1.54) is 12.7 Å². The summed E-state index contributed by atoms with van der Waals surface area (Å²) in [5, 5.41) is 0. The second kappa shape index (κ2) is 4.28. The number of sulfonamides is 1. The lowest BCUT2D eigenvalue weighted by Crippen LogP contribution is -2.20. The molecule has 0 atom stereocenters. The van der Waals surface area contributed by atoms with Crippen LogP contribution in [0.5, 0.6) is 0 Å². The fourth-order valence-corrected chi connectivity index (χ4v) is 2.88. The molecule has 2 aromatic rings. The van der Waals surface area contributed by atoms with Crippen molar-refractivity contribution in [3.05, 3.63) is 12.7 Å². The highest BCUT2D eigenvalue weighted by atomic mass is 32.2. The van der Waals surface area contributed by atoms with Crippen LogP contribution in [0.25, 0.3) is 11.2 Å². The van der Waals surface area contributed by atoms with Gasteiger partial charge in [0.15, 0.2) is 11.5 Å². The van der Waals surface area contributed by atoms with Gasteiger partial charge in [-0.15, -0.1) is 0 Å². The van der Waals surface area contributed by atoms with Crippen molar-refractivity contribution >= 4 is 27.0 Å². The van der Waals surface area contributed by atoms with E-state index >= 15 is 0 Å². The zero-order chi connectivity index (χ0) is 12.5. The maximum absolute atomic E-state index is 11.8. The number of nitrogens with zero attached hydrogens (tertiary/aromatic N) is 3. The van der Waals surface area contributed by atoms with E-state index in [0.29, 0.717) is 11.2 Å². The normalized spacial score (nSPS) is 12.2. The molecule has 0 aliphatic carbocycles. The van der Waals surface area contributed by atoms with Gasteiger partial charge < -0.3 is 4.98 Å². The average molecular weight is 255 g/mol. The maximum atomic E-state index is 11.8. The smallest absolute Gasteiger partial charge is 0.234 e. The fraction of sp³-hybridized carbons (Fsp3) is 0.444. The number of H-pyrrole nitrogens is 1. The summed E-state index contributed by atoms with van der Waals surface area (Å²) < 4.78 is 26.0. The van der Waals surface area contributed by atoms with Gasteiger partial charge in [-0.05, 0) is 5.92 Å². The summed E-state index contributed by atoms with van der Waals surface area (Å²) in [5.41, 5.74) is 0.919. The molecule has 0 aliphatic heterocycles. The molecule has 0 bridgehead atoms. The van der Waals surface area contributed by atoms with E-state index in [-0.39, 0.29) is 17.5 Å². The van der Waals surface area contributed by atoms with Gasteiger partial charge in [0.1, 0.15) is 11.8 Å². The first kappa shape index (κ1) is 11.8. The first-order valence-electron chi connectivity index (χ1n) is 5.12. The molecule has 2 rings (SSSR count). The SMILES string of the molecule is CC(C)CS(=O)(=O)Nc1ncnc2nc[nH]c12. The molecule has 0 aromatic carbocycles. The molecule has 0 spiro atoms. The van der Waals surface area contributed by atoms with Crippen molar-refractivity contribution in [2.45, 2.75) is 13.8 Å². The Morgan fingerprint density at radius 3 is 2.82 bits per heavy atom. The van der Waals surface area contributed by atoms with Gasteiger partial charge in [-0.25, -0.2) is 23.4 Å². The number of fused-ring (bicyclic) bond motifs is 1. The molecule has 17 heavy (non-hydrogen) atoms. The number of rotatable bonds is 4. The van der Waals surface area contributed by atoms with Gasteiger partial charge >= 0.3 is 0 Å². The summed E-state index contributed by atoms with van der Waals surface area (Å²) in [6.07, 6.45) is 2.72. The third kappa shape index (κ3) is 2.70. The molecular weight excluding hydrogens is 242 g/mol. The van der Waals surface area contributed by atoms with Gasteiger partial charge in [0.05, 0.1) is 12.1 Å². The zero-order valence-corrected chi connectivity index (χ0v) is 10.3. The minimum Gasteiger partial charge on any atom is -0.340 e. The lowest BCUT2D eigenvalue weighted by atomic mass is 10.3. The molecule has 2 aromatic heterocycles. The van der Waals surface area contributed by atoms with E-state index in [1.807, 2.05) is 13.8 Å². The number of nitrogens with one attached hydrogen (secondary N) is 2. The summed E-state index contributed by atoms with van der Waals surface area (Å²) in [4.78, 5) is 14.5. The molecule has 0 saturated heterocycles. The summed E-state index contributed by atoms with van der Waals surface area (Å²) in [6.45, 7) is 3.68. The van der Waals surface area contributed by atoms with Crippen LogP contribution >= 0.6 is 0 Å². The van der Waals surface area contributed by atoms with Crippen LogP contribution in [0.1, 0.15) is 13.8 Å². The number of imidazole rings is 1. The second-order valence-electron chi connectivity index (χ2n) is 4.10. The molecule has 0 amide bonds. The molecule has 92 valence electrons. The molecule has 2 heterocycles. The van der Waals surface area contributed by atoms with Crippen molar-refractivity contribution in [1.29, 1.82) is 0 Å². The predicted molar refractivity (Wildman–Crippen MR) is 63.9 cm³/mol. The van der Waals surface area contributed by atoms with Crippen molar-refractivity contribution in [2.75, 3.05) is 10.5 Å². The maximum Gasteiger partial charge on any atom is 0.234 e. The number of aromatic nitrogens is 4. The van der Waals surface area contributed by atoms with Crippen molar-refractivity contribution in [1.82, 2.24) is 19.9 Å². The summed E-state index contributed by atoms with van der Waals surface area (Å²) >= 11 is 0. The number of hydrogen-bond donors (Lipinski definition) is 2.